The van der Waals surface area contributed by atoms with E-state index in [0.29, 0.717) is 11.5 Å². The number of amides is 1. The molecular weight excluding hydrogens is 400 g/mol. The maximum atomic E-state index is 12.8. The molecule has 0 bridgehead atoms. The maximum absolute atomic E-state index is 12.8. The van der Waals surface area contributed by atoms with E-state index >= 15 is 0 Å². The SMILES string of the molecule is CC[C@H](C)Oc1ccc(C(=O)Nc2cc(-c3nc4cc(C)c(C)cc4o3)ccc2C)cc1. The van der Waals surface area contributed by atoms with E-state index in [0.717, 1.165) is 45.6 Å². The lowest BCUT2D eigenvalue weighted by Crippen LogP contribution is -2.13. The monoisotopic (exact) mass is 428 g/mol. The van der Waals surface area contributed by atoms with Gasteiger partial charge in [-0.15, -0.1) is 0 Å². The highest BCUT2D eigenvalue weighted by Crippen LogP contribution is 2.29. The van der Waals surface area contributed by atoms with E-state index in [-0.39, 0.29) is 12.0 Å². The van der Waals surface area contributed by atoms with Gasteiger partial charge in [-0.2, -0.15) is 0 Å². The predicted molar refractivity (Wildman–Crippen MR) is 128 cm³/mol. The standard InChI is InChI=1S/C27H28N2O3/c1-6-19(5)31-22-11-9-20(10-12-22)26(30)28-23-15-21(8-7-16(23)2)27-29-24-13-17(3)18(4)14-25(24)32-27/h7-15,19H,6H2,1-5H3,(H,28,30)/t19-/m0/s1. The molecule has 0 saturated heterocycles. The average molecular weight is 429 g/mol. The number of nitrogens with zero attached hydrogens (tertiary/aromatic N) is 1. The summed E-state index contributed by atoms with van der Waals surface area (Å²) in [6.07, 6.45) is 1.07. The Kier molecular flexibility index (Phi) is 5.99. The molecule has 3 aromatic carbocycles. The normalized spacial score (nSPS) is 12.0. The highest BCUT2D eigenvalue weighted by atomic mass is 16.5. The molecule has 4 aromatic rings. The van der Waals surface area contributed by atoms with Crippen LogP contribution in [0.4, 0.5) is 5.69 Å². The first-order chi connectivity index (χ1) is 15.3. The molecule has 164 valence electrons. The molecule has 5 heteroatoms. The minimum atomic E-state index is -0.177. The Balaban J connectivity index is 1.56. The zero-order chi connectivity index (χ0) is 22.8. The maximum Gasteiger partial charge on any atom is 0.255 e. The van der Waals surface area contributed by atoms with Crippen molar-refractivity contribution in [3.8, 4) is 17.2 Å². The first kappa shape index (κ1) is 21.6. The highest BCUT2D eigenvalue weighted by molar-refractivity contribution is 6.05. The summed E-state index contributed by atoms with van der Waals surface area (Å²) in [5, 5.41) is 3.01. The minimum Gasteiger partial charge on any atom is -0.491 e. The fraction of sp³-hybridized carbons (Fsp3) is 0.259. The van der Waals surface area contributed by atoms with Crippen LogP contribution in [0.15, 0.2) is 59.0 Å². The summed E-state index contributed by atoms with van der Waals surface area (Å²) in [5.74, 6) is 1.12. The van der Waals surface area contributed by atoms with Crippen LogP contribution in [0, 0.1) is 20.8 Å². The number of rotatable bonds is 6. The third-order valence-corrected chi connectivity index (χ3v) is 5.77. The molecule has 0 saturated carbocycles. The van der Waals surface area contributed by atoms with E-state index in [1.54, 1.807) is 12.1 Å². The number of ether oxygens (including phenoxy) is 1. The van der Waals surface area contributed by atoms with E-state index < -0.39 is 0 Å². The van der Waals surface area contributed by atoms with Crippen LogP contribution < -0.4 is 10.1 Å². The van der Waals surface area contributed by atoms with Gasteiger partial charge < -0.3 is 14.5 Å². The van der Waals surface area contributed by atoms with Gasteiger partial charge in [0.15, 0.2) is 5.58 Å². The van der Waals surface area contributed by atoms with Gasteiger partial charge in [0.25, 0.3) is 5.91 Å². The second-order valence-corrected chi connectivity index (χ2v) is 8.27. The van der Waals surface area contributed by atoms with Crippen LogP contribution in [-0.2, 0) is 0 Å². The fourth-order valence-electron chi connectivity index (χ4n) is 3.39. The lowest BCUT2D eigenvalue weighted by atomic mass is 10.1. The lowest BCUT2D eigenvalue weighted by molar-refractivity contribution is 0.102. The number of benzene rings is 3. The number of aryl methyl sites for hydroxylation is 3. The summed E-state index contributed by atoms with van der Waals surface area (Å²) >= 11 is 0. The molecule has 4 rings (SSSR count). The van der Waals surface area contributed by atoms with Crippen molar-refractivity contribution in [2.24, 2.45) is 0 Å². The number of fused-ring (bicyclic) bond motifs is 1. The molecule has 32 heavy (non-hydrogen) atoms. The zero-order valence-corrected chi connectivity index (χ0v) is 19.2. The van der Waals surface area contributed by atoms with Crippen molar-refractivity contribution in [1.82, 2.24) is 4.98 Å². The van der Waals surface area contributed by atoms with Crippen LogP contribution in [0.5, 0.6) is 5.75 Å². The number of carbonyl (C=O) groups is 1. The van der Waals surface area contributed by atoms with Crippen molar-refractivity contribution in [2.75, 3.05) is 5.32 Å². The molecule has 0 spiro atoms. The predicted octanol–water partition coefficient (Wildman–Crippen LogP) is 6.85. The molecule has 1 amide bonds. The van der Waals surface area contributed by atoms with Crippen molar-refractivity contribution in [3.63, 3.8) is 0 Å². The first-order valence-corrected chi connectivity index (χ1v) is 10.9. The van der Waals surface area contributed by atoms with Crippen LogP contribution in [-0.4, -0.2) is 17.0 Å². The molecule has 0 fully saturated rings. The lowest BCUT2D eigenvalue weighted by Gasteiger charge is -2.13. The molecule has 0 aliphatic heterocycles. The second-order valence-electron chi connectivity index (χ2n) is 8.27. The molecule has 5 nitrogen and oxygen atoms in total. The number of nitrogens with one attached hydrogen (secondary N) is 1. The molecule has 1 atom stereocenters. The molecule has 0 radical (unpaired) electrons. The van der Waals surface area contributed by atoms with Gasteiger partial charge in [-0.3, -0.25) is 4.79 Å². The van der Waals surface area contributed by atoms with Crippen LogP contribution in [0.3, 0.4) is 0 Å². The van der Waals surface area contributed by atoms with Gasteiger partial charge in [-0.1, -0.05) is 13.0 Å². The smallest absolute Gasteiger partial charge is 0.255 e. The third-order valence-electron chi connectivity index (χ3n) is 5.77. The number of carbonyl (C=O) groups excluding carboxylic acids is 1. The minimum absolute atomic E-state index is 0.139. The molecule has 1 N–H and O–H groups in total. The molecule has 1 aromatic heterocycles. The van der Waals surface area contributed by atoms with Crippen molar-refractivity contribution in [1.29, 1.82) is 0 Å². The van der Waals surface area contributed by atoms with Crippen LogP contribution in [0.25, 0.3) is 22.6 Å². The van der Waals surface area contributed by atoms with Gasteiger partial charge in [0.1, 0.15) is 11.3 Å². The topological polar surface area (TPSA) is 64.4 Å². The second kappa shape index (κ2) is 8.87. The van der Waals surface area contributed by atoms with Crippen molar-refractivity contribution in [3.05, 3.63) is 76.9 Å². The Morgan fingerprint density at radius 2 is 1.72 bits per heavy atom. The van der Waals surface area contributed by atoms with Gasteiger partial charge in [0.2, 0.25) is 5.89 Å². The Labute approximate surface area is 188 Å². The Morgan fingerprint density at radius 1 is 1.00 bits per heavy atom. The van der Waals surface area contributed by atoms with E-state index in [1.165, 1.54) is 5.56 Å². The van der Waals surface area contributed by atoms with Crippen molar-refractivity contribution in [2.45, 2.75) is 47.1 Å². The number of hydrogen-bond acceptors (Lipinski definition) is 4. The van der Waals surface area contributed by atoms with Crippen molar-refractivity contribution >= 4 is 22.7 Å². The van der Waals surface area contributed by atoms with Gasteiger partial charge in [0, 0.05) is 16.8 Å². The van der Waals surface area contributed by atoms with Gasteiger partial charge in [-0.05, 0) is 99.3 Å². The zero-order valence-electron chi connectivity index (χ0n) is 19.2. The Hall–Kier alpha value is -3.60. The largest absolute Gasteiger partial charge is 0.491 e. The summed E-state index contributed by atoms with van der Waals surface area (Å²) in [7, 11) is 0. The number of aromatic nitrogens is 1. The number of hydrogen-bond donors (Lipinski definition) is 1. The molecule has 0 aliphatic rings. The average Bonchev–Trinajstić information content (AvgIpc) is 3.18. The number of oxazole rings is 1. The van der Waals surface area contributed by atoms with E-state index in [1.807, 2.05) is 56.3 Å². The Morgan fingerprint density at radius 3 is 2.44 bits per heavy atom. The highest BCUT2D eigenvalue weighted by Gasteiger charge is 2.13. The van der Waals surface area contributed by atoms with E-state index in [4.69, 9.17) is 9.15 Å². The number of anilines is 1. The molecule has 0 aliphatic carbocycles. The summed E-state index contributed by atoms with van der Waals surface area (Å²) in [6, 6.07) is 17.1. The van der Waals surface area contributed by atoms with E-state index in [9.17, 15) is 4.79 Å². The Bertz CT molecular complexity index is 1230. The van der Waals surface area contributed by atoms with E-state index in [2.05, 4.69) is 31.1 Å². The summed E-state index contributed by atoms with van der Waals surface area (Å²) in [6.45, 7) is 10.2. The van der Waals surface area contributed by atoms with Gasteiger partial charge >= 0.3 is 0 Å². The fourth-order valence-corrected chi connectivity index (χ4v) is 3.39. The van der Waals surface area contributed by atoms with Crippen LogP contribution in [0.2, 0.25) is 0 Å². The molecule has 0 unspecified atom stereocenters. The molecule has 1 heterocycles. The van der Waals surface area contributed by atoms with Crippen LogP contribution in [0.1, 0.15) is 47.3 Å². The summed E-state index contributed by atoms with van der Waals surface area (Å²) < 4.78 is 11.8. The van der Waals surface area contributed by atoms with Gasteiger partial charge in [0.05, 0.1) is 6.10 Å². The third kappa shape index (κ3) is 4.52. The van der Waals surface area contributed by atoms with Crippen LogP contribution >= 0.6 is 0 Å². The first-order valence-electron chi connectivity index (χ1n) is 10.9. The molecular formula is C27H28N2O3. The quantitative estimate of drug-likeness (QED) is 0.365. The van der Waals surface area contributed by atoms with Crippen molar-refractivity contribution < 1.29 is 13.9 Å². The summed E-state index contributed by atoms with van der Waals surface area (Å²) in [4.78, 5) is 17.5. The van der Waals surface area contributed by atoms with Gasteiger partial charge in [-0.25, -0.2) is 4.98 Å². The summed E-state index contributed by atoms with van der Waals surface area (Å²) in [5.41, 5.74) is 6.99.